The van der Waals surface area contributed by atoms with Gasteiger partial charge in [0.15, 0.2) is 0 Å². The van der Waals surface area contributed by atoms with E-state index in [1.807, 2.05) is 0 Å². The summed E-state index contributed by atoms with van der Waals surface area (Å²) in [6.45, 7) is 9.05. The molecule has 2 fully saturated rings. The van der Waals surface area contributed by atoms with Crippen LogP contribution in [0.5, 0.6) is 0 Å². The Morgan fingerprint density at radius 3 is 2.27 bits per heavy atom. The number of carbonyl (C=O) groups is 1. The average molecular weight is 453 g/mol. The molecule has 180 valence electrons. The summed E-state index contributed by atoms with van der Waals surface area (Å²) in [5, 5.41) is 7.55. The molecule has 0 spiro atoms. The van der Waals surface area contributed by atoms with Gasteiger partial charge in [-0.3, -0.25) is 9.69 Å². The topological polar surface area (TPSA) is 71.3 Å². The highest BCUT2D eigenvalue weighted by Gasteiger charge is 2.27. The number of benzene rings is 1. The van der Waals surface area contributed by atoms with E-state index < -0.39 is 0 Å². The van der Waals surface area contributed by atoms with Crippen molar-refractivity contribution in [1.29, 1.82) is 0 Å². The molecule has 1 aliphatic heterocycles. The van der Waals surface area contributed by atoms with Crippen molar-refractivity contribution >= 4 is 5.91 Å². The maximum atomic E-state index is 12.8. The Balaban J connectivity index is 1.25. The number of rotatable bonds is 5. The molecule has 2 aliphatic rings. The summed E-state index contributed by atoms with van der Waals surface area (Å²) in [7, 11) is 0. The van der Waals surface area contributed by atoms with Gasteiger partial charge in [-0.25, -0.2) is 0 Å². The molecule has 1 aromatic carbocycles. The zero-order valence-corrected chi connectivity index (χ0v) is 20.6. The van der Waals surface area contributed by atoms with Gasteiger partial charge in [0, 0.05) is 17.5 Å². The molecule has 6 nitrogen and oxygen atoms in total. The first kappa shape index (κ1) is 23.9. The molecule has 6 heteroatoms. The van der Waals surface area contributed by atoms with E-state index in [1.165, 1.54) is 37.7 Å². The Morgan fingerprint density at radius 1 is 1.00 bits per heavy atom. The zero-order valence-electron chi connectivity index (χ0n) is 20.6. The molecule has 1 saturated heterocycles. The Kier molecular flexibility index (Phi) is 7.84. The van der Waals surface area contributed by atoms with E-state index >= 15 is 0 Å². The average Bonchev–Trinajstić information content (AvgIpc) is 3.24. The quantitative estimate of drug-likeness (QED) is 0.651. The van der Waals surface area contributed by atoms with Crippen LogP contribution in [0.1, 0.15) is 90.0 Å². The van der Waals surface area contributed by atoms with Crippen molar-refractivity contribution in [2.24, 2.45) is 5.92 Å². The molecule has 2 heterocycles. The lowest BCUT2D eigenvalue weighted by Crippen LogP contribution is -2.43. The van der Waals surface area contributed by atoms with Crippen LogP contribution < -0.4 is 5.32 Å². The largest absolute Gasteiger partial charge is 0.353 e. The van der Waals surface area contributed by atoms with Crippen LogP contribution >= 0.6 is 0 Å². The van der Waals surface area contributed by atoms with Gasteiger partial charge in [0.05, 0.1) is 6.54 Å². The number of hydrogen-bond donors (Lipinski definition) is 1. The van der Waals surface area contributed by atoms with Gasteiger partial charge in [-0.05, 0) is 49.8 Å². The summed E-state index contributed by atoms with van der Waals surface area (Å²) >= 11 is 0. The van der Waals surface area contributed by atoms with Gasteiger partial charge in [0.2, 0.25) is 17.6 Å². The fourth-order valence-corrected chi connectivity index (χ4v) is 5.02. The minimum absolute atomic E-state index is 0.124. The SMILES string of the molecule is CC(C)(C)c1ccc(-c2noc(CN3CCC(C(=O)NC4CCCCCCC4)CC3)n2)cc1. The van der Waals surface area contributed by atoms with Gasteiger partial charge in [-0.1, -0.05) is 82.3 Å². The van der Waals surface area contributed by atoms with Gasteiger partial charge in [0.25, 0.3) is 0 Å². The summed E-state index contributed by atoms with van der Waals surface area (Å²) in [5.74, 6) is 1.67. The number of piperidine rings is 1. The second-order valence-corrected chi connectivity index (χ2v) is 10.9. The second kappa shape index (κ2) is 10.8. The lowest BCUT2D eigenvalue weighted by Gasteiger charge is -2.31. The number of aromatic nitrogens is 2. The van der Waals surface area contributed by atoms with E-state index in [-0.39, 0.29) is 17.2 Å². The van der Waals surface area contributed by atoms with Crippen LogP contribution in [-0.2, 0) is 16.8 Å². The first-order chi connectivity index (χ1) is 15.9. The minimum atomic E-state index is 0.124. The number of hydrogen-bond acceptors (Lipinski definition) is 5. The predicted octanol–water partition coefficient (Wildman–Crippen LogP) is 5.48. The Morgan fingerprint density at radius 2 is 1.64 bits per heavy atom. The van der Waals surface area contributed by atoms with E-state index in [4.69, 9.17) is 4.52 Å². The maximum Gasteiger partial charge on any atom is 0.241 e. The van der Waals surface area contributed by atoms with Crippen molar-refractivity contribution in [1.82, 2.24) is 20.4 Å². The van der Waals surface area contributed by atoms with Crippen LogP contribution in [0.4, 0.5) is 0 Å². The van der Waals surface area contributed by atoms with Crippen molar-refractivity contribution in [3.63, 3.8) is 0 Å². The first-order valence-corrected chi connectivity index (χ1v) is 12.8. The van der Waals surface area contributed by atoms with Crippen molar-refractivity contribution in [3.05, 3.63) is 35.7 Å². The molecule has 0 radical (unpaired) electrons. The Hall–Kier alpha value is -2.21. The van der Waals surface area contributed by atoms with Gasteiger partial charge in [0.1, 0.15) is 0 Å². The molecule has 1 aliphatic carbocycles. The van der Waals surface area contributed by atoms with E-state index in [0.717, 1.165) is 44.3 Å². The molecule has 1 saturated carbocycles. The summed E-state index contributed by atoms with van der Waals surface area (Å²) in [6.07, 6.45) is 10.5. The predicted molar refractivity (Wildman–Crippen MR) is 131 cm³/mol. The van der Waals surface area contributed by atoms with E-state index in [9.17, 15) is 4.79 Å². The lowest BCUT2D eigenvalue weighted by atomic mass is 9.87. The van der Waals surface area contributed by atoms with Crippen molar-refractivity contribution in [2.45, 2.75) is 96.6 Å². The molecule has 1 aromatic heterocycles. The normalized spacial score (nSPS) is 19.7. The molecule has 1 amide bonds. The molecule has 4 rings (SSSR count). The van der Waals surface area contributed by atoms with Gasteiger partial charge in [-0.2, -0.15) is 4.98 Å². The lowest BCUT2D eigenvalue weighted by molar-refractivity contribution is -0.127. The number of nitrogens with one attached hydrogen (secondary N) is 1. The minimum Gasteiger partial charge on any atom is -0.353 e. The van der Waals surface area contributed by atoms with E-state index in [0.29, 0.717) is 24.3 Å². The molecule has 33 heavy (non-hydrogen) atoms. The van der Waals surface area contributed by atoms with Crippen LogP contribution in [0.3, 0.4) is 0 Å². The second-order valence-electron chi connectivity index (χ2n) is 10.9. The molecule has 0 bridgehead atoms. The Labute approximate surface area is 198 Å². The van der Waals surface area contributed by atoms with E-state index in [2.05, 4.69) is 65.4 Å². The van der Waals surface area contributed by atoms with Crippen molar-refractivity contribution in [3.8, 4) is 11.4 Å². The molecule has 1 N–H and O–H groups in total. The van der Waals surface area contributed by atoms with Crippen LogP contribution in [-0.4, -0.2) is 40.1 Å². The maximum absolute atomic E-state index is 12.8. The van der Waals surface area contributed by atoms with Gasteiger partial charge in [-0.15, -0.1) is 0 Å². The molecular formula is C27H40N4O2. The monoisotopic (exact) mass is 452 g/mol. The summed E-state index contributed by atoms with van der Waals surface area (Å²) in [4.78, 5) is 19.7. The molecule has 0 atom stereocenters. The summed E-state index contributed by atoms with van der Waals surface area (Å²) in [6, 6.07) is 8.78. The van der Waals surface area contributed by atoms with Crippen LogP contribution in [0.15, 0.2) is 28.8 Å². The number of nitrogens with zero attached hydrogens (tertiary/aromatic N) is 3. The number of amides is 1. The van der Waals surface area contributed by atoms with E-state index in [1.54, 1.807) is 0 Å². The van der Waals surface area contributed by atoms with Crippen LogP contribution in [0.25, 0.3) is 11.4 Å². The van der Waals surface area contributed by atoms with Crippen molar-refractivity contribution in [2.75, 3.05) is 13.1 Å². The zero-order chi connectivity index (χ0) is 23.3. The molecule has 2 aromatic rings. The summed E-state index contributed by atoms with van der Waals surface area (Å²) < 4.78 is 5.53. The van der Waals surface area contributed by atoms with Gasteiger partial charge < -0.3 is 9.84 Å². The van der Waals surface area contributed by atoms with Crippen molar-refractivity contribution < 1.29 is 9.32 Å². The Bertz CT molecular complexity index is 884. The molecular weight excluding hydrogens is 412 g/mol. The summed E-state index contributed by atoms with van der Waals surface area (Å²) in [5.41, 5.74) is 2.39. The van der Waals surface area contributed by atoms with Crippen LogP contribution in [0, 0.1) is 5.92 Å². The van der Waals surface area contributed by atoms with Gasteiger partial charge >= 0.3 is 0 Å². The number of likely N-dealkylation sites (tertiary alicyclic amines) is 1. The fourth-order valence-electron chi connectivity index (χ4n) is 5.02. The smallest absolute Gasteiger partial charge is 0.241 e. The standard InChI is InChI=1S/C27H40N4O2/c1-27(2,3)22-13-11-20(12-14-22)25-29-24(33-30-25)19-31-17-15-21(16-18-31)26(32)28-23-9-7-5-4-6-8-10-23/h11-14,21,23H,4-10,15-19H2,1-3H3,(H,28,32). The fraction of sp³-hybridized carbons (Fsp3) is 0.667. The number of carbonyl (C=O) groups excluding carboxylic acids is 1. The third kappa shape index (κ3) is 6.66. The highest BCUT2D eigenvalue weighted by molar-refractivity contribution is 5.79. The highest BCUT2D eigenvalue weighted by atomic mass is 16.5. The molecule has 0 unspecified atom stereocenters. The third-order valence-electron chi connectivity index (χ3n) is 7.25. The van der Waals surface area contributed by atoms with Crippen LogP contribution in [0.2, 0.25) is 0 Å². The first-order valence-electron chi connectivity index (χ1n) is 12.8. The highest BCUT2D eigenvalue weighted by Crippen LogP contribution is 2.26. The third-order valence-corrected chi connectivity index (χ3v) is 7.25.